The van der Waals surface area contributed by atoms with Crippen LogP contribution in [0.5, 0.6) is 0 Å². The Balaban J connectivity index is 1.86. The molecule has 0 spiro atoms. The molecule has 1 aliphatic carbocycles. The van der Waals surface area contributed by atoms with Crippen molar-refractivity contribution in [1.82, 2.24) is 19.4 Å². The monoisotopic (exact) mass is 394 g/mol. The molecular weight excluding hydrogens is 369 g/mol. The van der Waals surface area contributed by atoms with Crippen molar-refractivity contribution in [3.63, 3.8) is 0 Å². The molecule has 1 fully saturated rings. The number of nitrogens with zero attached hydrogens (tertiary/aromatic N) is 3. The van der Waals surface area contributed by atoms with Crippen molar-refractivity contribution in [1.29, 1.82) is 0 Å². The van der Waals surface area contributed by atoms with Gasteiger partial charge in [0, 0.05) is 12.1 Å². The van der Waals surface area contributed by atoms with Crippen LogP contribution >= 0.6 is 0 Å². The fourth-order valence-electron chi connectivity index (χ4n) is 4.92. The Morgan fingerprint density at radius 1 is 1.25 bits per heavy atom. The maximum atomic E-state index is 13.7. The average molecular weight is 394 g/mol. The fraction of sp³-hybridized carbons (Fsp3) is 0.600. The van der Waals surface area contributed by atoms with E-state index >= 15 is 0 Å². The summed E-state index contributed by atoms with van der Waals surface area (Å²) >= 11 is 0. The Morgan fingerprint density at radius 2 is 2.00 bits per heavy atom. The normalized spacial score (nSPS) is 23.9. The molecule has 1 unspecified atom stereocenters. The molecule has 0 saturated heterocycles. The number of halogens is 3. The van der Waals surface area contributed by atoms with Crippen molar-refractivity contribution >= 4 is 16.7 Å². The first-order valence-corrected chi connectivity index (χ1v) is 9.72. The van der Waals surface area contributed by atoms with E-state index in [1.807, 2.05) is 0 Å². The first-order chi connectivity index (χ1) is 13.1. The third-order valence-corrected chi connectivity index (χ3v) is 5.90. The van der Waals surface area contributed by atoms with Crippen molar-refractivity contribution in [3.05, 3.63) is 30.0 Å². The molecule has 1 aliphatic rings. The summed E-state index contributed by atoms with van der Waals surface area (Å²) in [6.45, 7) is 5.63. The number of H-pyrrole nitrogens is 1. The van der Waals surface area contributed by atoms with Crippen molar-refractivity contribution in [2.75, 3.05) is 0 Å². The molecule has 3 aromatic rings. The van der Waals surface area contributed by atoms with Crippen LogP contribution in [0.1, 0.15) is 63.9 Å². The van der Waals surface area contributed by atoms with Gasteiger partial charge in [-0.3, -0.25) is 4.40 Å². The van der Waals surface area contributed by atoms with E-state index in [1.165, 1.54) is 6.20 Å². The van der Waals surface area contributed by atoms with Gasteiger partial charge in [0.2, 0.25) is 0 Å². The molecule has 8 heteroatoms. The summed E-state index contributed by atoms with van der Waals surface area (Å²) < 4.78 is 42.7. The number of fused-ring (bicyclic) bond motifs is 3. The molecule has 0 bridgehead atoms. The summed E-state index contributed by atoms with van der Waals surface area (Å²) in [6, 6.07) is 1.74. The summed E-state index contributed by atoms with van der Waals surface area (Å²) in [5, 5.41) is 10.2. The fourth-order valence-corrected chi connectivity index (χ4v) is 4.92. The highest BCUT2D eigenvalue weighted by Crippen LogP contribution is 2.48. The van der Waals surface area contributed by atoms with Gasteiger partial charge in [-0.05, 0) is 51.0 Å². The highest BCUT2D eigenvalue weighted by atomic mass is 19.4. The van der Waals surface area contributed by atoms with Crippen LogP contribution in [0.3, 0.4) is 0 Å². The number of rotatable bonds is 4. The predicted molar refractivity (Wildman–Crippen MR) is 100 cm³/mol. The zero-order valence-electron chi connectivity index (χ0n) is 16.2. The van der Waals surface area contributed by atoms with Crippen LogP contribution in [-0.4, -0.2) is 30.1 Å². The van der Waals surface area contributed by atoms with Gasteiger partial charge in [0.25, 0.3) is 0 Å². The zero-order valence-corrected chi connectivity index (χ0v) is 16.2. The molecule has 1 saturated carbocycles. The maximum absolute atomic E-state index is 13.7. The molecule has 3 atom stereocenters. The minimum Gasteiger partial charge on any atom is -0.390 e. The maximum Gasteiger partial charge on any atom is 0.435 e. The lowest BCUT2D eigenvalue weighted by molar-refractivity contribution is -0.139. The number of alkyl halides is 3. The Kier molecular flexibility index (Phi) is 4.45. The van der Waals surface area contributed by atoms with Crippen LogP contribution in [0.25, 0.3) is 16.7 Å². The molecule has 0 aliphatic heterocycles. The van der Waals surface area contributed by atoms with E-state index < -0.39 is 17.5 Å². The quantitative estimate of drug-likeness (QED) is 0.661. The Labute approximate surface area is 161 Å². The highest BCUT2D eigenvalue weighted by molar-refractivity contribution is 5.76. The number of hydrogen-bond donors (Lipinski definition) is 2. The van der Waals surface area contributed by atoms with Crippen LogP contribution < -0.4 is 0 Å². The largest absolute Gasteiger partial charge is 0.435 e. The molecule has 3 aromatic heterocycles. The Morgan fingerprint density at radius 3 is 2.64 bits per heavy atom. The summed E-state index contributed by atoms with van der Waals surface area (Å²) in [4.78, 5) is 11.2. The lowest BCUT2D eigenvalue weighted by Gasteiger charge is -2.21. The predicted octanol–water partition coefficient (Wildman–Crippen LogP) is 4.91. The van der Waals surface area contributed by atoms with Gasteiger partial charge in [0.05, 0.1) is 22.8 Å². The lowest BCUT2D eigenvalue weighted by Crippen LogP contribution is -2.22. The molecule has 0 amide bonds. The van der Waals surface area contributed by atoms with E-state index in [1.54, 1.807) is 30.5 Å². The van der Waals surface area contributed by atoms with Crippen molar-refractivity contribution in [2.45, 2.75) is 64.1 Å². The Bertz CT molecular complexity index is 999. The van der Waals surface area contributed by atoms with E-state index in [0.717, 1.165) is 19.3 Å². The minimum absolute atomic E-state index is 0.00427. The topological polar surface area (TPSA) is 66.2 Å². The molecule has 0 aromatic carbocycles. The van der Waals surface area contributed by atoms with E-state index in [2.05, 4.69) is 21.9 Å². The molecule has 28 heavy (non-hydrogen) atoms. The molecule has 0 radical (unpaired) electrons. The third kappa shape index (κ3) is 3.27. The van der Waals surface area contributed by atoms with Gasteiger partial charge in [-0.1, -0.05) is 13.3 Å². The van der Waals surface area contributed by atoms with Gasteiger partial charge < -0.3 is 10.1 Å². The minimum atomic E-state index is -4.54. The zero-order chi connectivity index (χ0) is 20.3. The highest BCUT2D eigenvalue weighted by Gasteiger charge is 2.42. The second-order valence-corrected chi connectivity index (χ2v) is 8.64. The summed E-state index contributed by atoms with van der Waals surface area (Å²) in [5.41, 5.74) is -0.522. The van der Waals surface area contributed by atoms with Gasteiger partial charge in [0.15, 0.2) is 11.3 Å². The van der Waals surface area contributed by atoms with Crippen LogP contribution in [0.15, 0.2) is 18.5 Å². The summed E-state index contributed by atoms with van der Waals surface area (Å²) in [7, 11) is 0. The smallest absolute Gasteiger partial charge is 0.390 e. The Hall–Kier alpha value is -2.09. The van der Waals surface area contributed by atoms with E-state index in [4.69, 9.17) is 0 Å². The lowest BCUT2D eigenvalue weighted by atomic mass is 9.91. The molecule has 152 valence electrons. The first kappa shape index (κ1) is 19.2. The van der Waals surface area contributed by atoms with Crippen LogP contribution in [-0.2, 0) is 6.18 Å². The number of nitrogens with one attached hydrogen (secondary N) is 1. The molecule has 4 rings (SSSR count). The van der Waals surface area contributed by atoms with E-state index in [0.29, 0.717) is 23.4 Å². The first-order valence-electron chi connectivity index (χ1n) is 9.72. The second kappa shape index (κ2) is 6.47. The van der Waals surface area contributed by atoms with Crippen LogP contribution in [0.4, 0.5) is 13.2 Å². The number of aromatic amines is 1. The van der Waals surface area contributed by atoms with Gasteiger partial charge in [-0.15, -0.1) is 0 Å². The summed E-state index contributed by atoms with van der Waals surface area (Å²) in [6.07, 6.45) is 1.51. The van der Waals surface area contributed by atoms with Gasteiger partial charge in [-0.25, -0.2) is 9.97 Å². The molecule has 5 nitrogen and oxygen atoms in total. The average Bonchev–Trinajstić information content (AvgIpc) is 3.27. The van der Waals surface area contributed by atoms with Gasteiger partial charge in [0.1, 0.15) is 5.82 Å². The molecule has 3 heterocycles. The summed E-state index contributed by atoms with van der Waals surface area (Å²) in [5.74, 6) is 0.877. The van der Waals surface area contributed by atoms with E-state index in [9.17, 15) is 18.3 Å². The van der Waals surface area contributed by atoms with Crippen molar-refractivity contribution < 1.29 is 18.3 Å². The molecular formula is C20H25F3N4O. The van der Waals surface area contributed by atoms with Crippen molar-refractivity contribution in [3.8, 4) is 0 Å². The van der Waals surface area contributed by atoms with E-state index in [-0.39, 0.29) is 23.3 Å². The molecule has 2 N–H and O–H groups in total. The number of hydrogen-bond acceptors (Lipinski definition) is 3. The standard InChI is InChI=1S/C20H25F3N4O/c1-4-12-7-11(9-19(2,3)28)8-13(12)18-26-16(20(21,22)23)15-10-25-17-14(27(15)18)5-6-24-17/h5-6,10-13,24,28H,4,7-9H2,1-3H3/t11-,12-,13?/m1/s1. The third-order valence-electron chi connectivity index (χ3n) is 5.90. The SMILES string of the molecule is CC[C@@H]1C[C@@H](CC(C)(C)O)CC1c1nc(C(F)(F)F)c2cnc3[nH]ccc3n12. The van der Waals surface area contributed by atoms with Crippen LogP contribution in [0, 0.1) is 11.8 Å². The van der Waals surface area contributed by atoms with Gasteiger partial charge >= 0.3 is 6.18 Å². The number of aliphatic hydroxyl groups is 1. The van der Waals surface area contributed by atoms with Crippen molar-refractivity contribution in [2.24, 2.45) is 11.8 Å². The second-order valence-electron chi connectivity index (χ2n) is 8.64. The number of aromatic nitrogens is 4. The number of imidazole rings is 1. The van der Waals surface area contributed by atoms with Gasteiger partial charge in [-0.2, -0.15) is 13.2 Å². The van der Waals surface area contributed by atoms with Crippen LogP contribution in [0.2, 0.25) is 0 Å².